The molecular formula is C9H17N. The molecule has 0 radical (unpaired) electrons. The third-order valence-electron chi connectivity index (χ3n) is 2.87. The minimum Gasteiger partial charge on any atom is -0.388 e. The highest BCUT2D eigenvalue weighted by atomic mass is 14.9. The van der Waals surface area contributed by atoms with Gasteiger partial charge in [0.2, 0.25) is 0 Å². The van der Waals surface area contributed by atoms with Crippen LogP contribution in [0.3, 0.4) is 0 Å². The first-order valence-electron chi connectivity index (χ1n) is 4.05. The van der Waals surface area contributed by atoms with Crippen LogP contribution in [0, 0.1) is 11.8 Å². The van der Waals surface area contributed by atoms with E-state index < -0.39 is 0 Å². The van der Waals surface area contributed by atoms with E-state index in [-0.39, 0.29) is 0 Å². The van der Waals surface area contributed by atoms with Crippen LogP contribution in [0.4, 0.5) is 0 Å². The highest BCUT2D eigenvalue weighted by Gasteiger charge is 2.22. The number of rotatable bonds is 0. The lowest BCUT2D eigenvalue weighted by molar-refractivity contribution is 0.327. The molecule has 3 atom stereocenters. The molecule has 1 N–H and O–H groups in total. The van der Waals surface area contributed by atoms with E-state index in [1.807, 2.05) is 0 Å². The lowest BCUT2D eigenvalue weighted by Crippen LogP contribution is -2.36. The van der Waals surface area contributed by atoms with Gasteiger partial charge >= 0.3 is 0 Å². The maximum atomic E-state index is 3.35. The number of allylic oxidation sites excluding steroid dienone is 1. The molecule has 1 heteroatoms. The summed E-state index contributed by atoms with van der Waals surface area (Å²) in [5, 5.41) is 3.35. The van der Waals surface area contributed by atoms with Crippen molar-refractivity contribution in [2.24, 2.45) is 11.8 Å². The molecule has 0 amide bonds. The quantitative estimate of drug-likeness (QED) is 0.542. The van der Waals surface area contributed by atoms with Gasteiger partial charge in [0.15, 0.2) is 0 Å². The lowest BCUT2D eigenvalue weighted by atomic mass is 9.83. The summed E-state index contributed by atoms with van der Waals surface area (Å²) in [6, 6.07) is 0.638. The van der Waals surface area contributed by atoms with E-state index in [4.69, 9.17) is 0 Å². The SMILES string of the molecule is CC1=CNC(C)C(C)C1C. The molecule has 3 unspecified atom stereocenters. The molecule has 1 aliphatic rings. The molecule has 1 aliphatic heterocycles. The van der Waals surface area contributed by atoms with E-state index in [9.17, 15) is 0 Å². The summed E-state index contributed by atoms with van der Waals surface area (Å²) >= 11 is 0. The Morgan fingerprint density at radius 1 is 1.30 bits per heavy atom. The third-order valence-corrected chi connectivity index (χ3v) is 2.87. The van der Waals surface area contributed by atoms with Gasteiger partial charge in [-0.2, -0.15) is 0 Å². The number of nitrogens with one attached hydrogen (secondary N) is 1. The third kappa shape index (κ3) is 1.18. The summed E-state index contributed by atoms with van der Waals surface area (Å²) < 4.78 is 0. The van der Waals surface area contributed by atoms with Crippen molar-refractivity contribution in [2.45, 2.75) is 33.7 Å². The van der Waals surface area contributed by atoms with E-state index in [1.54, 1.807) is 0 Å². The van der Waals surface area contributed by atoms with Crippen molar-refractivity contribution < 1.29 is 0 Å². The number of hydrogen-bond acceptors (Lipinski definition) is 1. The fraction of sp³-hybridized carbons (Fsp3) is 0.778. The Bertz CT molecular complexity index is 149. The predicted molar refractivity (Wildman–Crippen MR) is 44.7 cm³/mol. The van der Waals surface area contributed by atoms with Crippen molar-refractivity contribution in [1.29, 1.82) is 0 Å². The van der Waals surface area contributed by atoms with Gasteiger partial charge in [-0.25, -0.2) is 0 Å². The molecule has 0 fully saturated rings. The average molecular weight is 139 g/mol. The monoisotopic (exact) mass is 139 g/mol. The van der Waals surface area contributed by atoms with Crippen molar-refractivity contribution in [2.75, 3.05) is 0 Å². The molecule has 1 nitrogen and oxygen atoms in total. The van der Waals surface area contributed by atoms with Gasteiger partial charge in [0.1, 0.15) is 0 Å². The van der Waals surface area contributed by atoms with Gasteiger partial charge in [-0.1, -0.05) is 19.4 Å². The lowest BCUT2D eigenvalue weighted by Gasteiger charge is -2.32. The minimum absolute atomic E-state index is 0.638. The van der Waals surface area contributed by atoms with Gasteiger partial charge in [-0.05, 0) is 31.9 Å². The Hall–Kier alpha value is -0.460. The fourth-order valence-electron chi connectivity index (χ4n) is 1.39. The van der Waals surface area contributed by atoms with Crippen LogP contribution < -0.4 is 5.32 Å². The fourth-order valence-corrected chi connectivity index (χ4v) is 1.39. The molecule has 1 rings (SSSR count). The minimum atomic E-state index is 0.638. The summed E-state index contributed by atoms with van der Waals surface area (Å²) in [7, 11) is 0. The van der Waals surface area contributed by atoms with E-state index in [0.29, 0.717) is 6.04 Å². The van der Waals surface area contributed by atoms with Gasteiger partial charge in [-0.3, -0.25) is 0 Å². The molecule has 0 aromatic heterocycles. The summed E-state index contributed by atoms with van der Waals surface area (Å²) in [5.74, 6) is 1.52. The zero-order chi connectivity index (χ0) is 7.72. The first-order chi connectivity index (χ1) is 4.63. The normalized spacial score (nSPS) is 40.4. The second-order valence-corrected chi connectivity index (χ2v) is 3.49. The summed E-state index contributed by atoms with van der Waals surface area (Å²) in [4.78, 5) is 0. The molecular weight excluding hydrogens is 122 g/mol. The molecule has 0 saturated carbocycles. The van der Waals surface area contributed by atoms with Crippen molar-refractivity contribution >= 4 is 0 Å². The van der Waals surface area contributed by atoms with Crippen LogP contribution in [0.15, 0.2) is 11.8 Å². The Kier molecular flexibility index (Phi) is 2.02. The predicted octanol–water partition coefficient (Wildman–Crippen LogP) is 2.15. The molecule has 1 heterocycles. The van der Waals surface area contributed by atoms with Crippen LogP contribution >= 0.6 is 0 Å². The van der Waals surface area contributed by atoms with Gasteiger partial charge < -0.3 is 5.32 Å². The Morgan fingerprint density at radius 3 is 2.40 bits per heavy atom. The van der Waals surface area contributed by atoms with Crippen molar-refractivity contribution in [3.05, 3.63) is 11.8 Å². The second-order valence-electron chi connectivity index (χ2n) is 3.49. The molecule has 58 valence electrons. The molecule has 0 aromatic rings. The maximum Gasteiger partial charge on any atom is 0.0258 e. The largest absolute Gasteiger partial charge is 0.388 e. The van der Waals surface area contributed by atoms with Gasteiger partial charge in [0.25, 0.3) is 0 Å². The molecule has 0 bridgehead atoms. The van der Waals surface area contributed by atoms with E-state index in [2.05, 4.69) is 39.2 Å². The van der Waals surface area contributed by atoms with Crippen molar-refractivity contribution in [3.8, 4) is 0 Å². The van der Waals surface area contributed by atoms with Crippen molar-refractivity contribution in [1.82, 2.24) is 5.32 Å². The zero-order valence-electron chi connectivity index (χ0n) is 7.31. The smallest absolute Gasteiger partial charge is 0.0258 e. The van der Waals surface area contributed by atoms with Gasteiger partial charge in [-0.15, -0.1) is 0 Å². The first-order valence-corrected chi connectivity index (χ1v) is 4.05. The Labute approximate surface area is 63.5 Å². The Morgan fingerprint density at radius 2 is 1.90 bits per heavy atom. The molecule has 10 heavy (non-hydrogen) atoms. The van der Waals surface area contributed by atoms with Crippen LogP contribution in [0.5, 0.6) is 0 Å². The van der Waals surface area contributed by atoms with Gasteiger partial charge in [0.05, 0.1) is 0 Å². The average Bonchev–Trinajstić information content (AvgIpc) is 1.93. The van der Waals surface area contributed by atoms with Crippen LogP contribution in [-0.2, 0) is 0 Å². The van der Waals surface area contributed by atoms with Crippen LogP contribution in [0.25, 0.3) is 0 Å². The highest BCUT2D eigenvalue weighted by Crippen LogP contribution is 2.25. The molecule has 0 spiro atoms. The molecule has 0 saturated heterocycles. The van der Waals surface area contributed by atoms with E-state index in [1.165, 1.54) is 5.57 Å². The standard InChI is InChI=1S/C9H17N/c1-6-5-10-9(4)8(3)7(6)2/h5,7-10H,1-4H3. The second kappa shape index (κ2) is 2.65. The first kappa shape index (κ1) is 7.64. The maximum absolute atomic E-state index is 3.35. The molecule has 0 aliphatic carbocycles. The van der Waals surface area contributed by atoms with Crippen molar-refractivity contribution in [3.63, 3.8) is 0 Å². The highest BCUT2D eigenvalue weighted by molar-refractivity contribution is 5.08. The number of hydrogen-bond donors (Lipinski definition) is 1. The topological polar surface area (TPSA) is 12.0 Å². The summed E-state index contributed by atoms with van der Waals surface area (Å²) in [6.07, 6.45) is 2.15. The van der Waals surface area contributed by atoms with Crippen LogP contribution in [0.1, 0.15) is 27.7 Å². The summed E-state index contributed by atoms with van der Waals surface area (Å²) in [6.45, 7) is 9.04. The van der Waals surface area contributed by atoms with Crippen LogP contribution in [0.2, 0.25) is 0 Å². The van der Waals surface area contributed by atoms with E-state index in [0.717, 1.165) is 11.8 Å². The summed E-state index contributed by atoms with van der Waals surface area (Å²) in [5.41, 5.74) is 1.48. The Balaban J connectivity index is 2.71. The van der Waals surface area contributed by atoms with Gasteiger partial charge in [0, 0.05) is 6.04 Å². The van der Waals surface area contributed by atoms with Crippen LogP contribution in [-0.4, -0.2) is 6.04 Å². The van der Waals surface area contributed by atoms with E-state index >= 15 is 0 Å². The zero-order valence-corrected chi connectivity index (χ0v) is 7.31. The molecule has 0 aromatic carbocycles.